The second-order valence-electron chi connectivity index (χ2n) is 5.06. The number of Topliss-reactive ketones (excluding diaryl/α,β-unsaturated/α-hetero) is 1. The van der Waals surface area contributed by atoms with Crippen molar-refractivity contribution >= 4 is 5.78 Å². The molecule has 2 nitrogen and oxygen atoms in total. The monoisotopic (exact) mass is 289 g/mol. The Balaban J connectivity index is 2.01. The molecule has 0 heterocycles. The van der Waals surface area contributed by atoms with Crippen LogP contribution in [0.2, 0.25) is 0 Å². The van der Waals surface area contributed by atoms with Crippen molar-refractivity contribution in [3.63, 3.8) is 0 Å². The fraction of sp³-hybridized carbons (Fsp3) is 0.235. The van der Waals surface area contributed by atoms with E-state index >= 15 is 0 Å². The largest absolute Gasteiger partial charge is 0.322 e. The SMILES string of the molecule is CN(Cc1ccccc1)CC(F)(F)C(=O)c1ccccc1. The number of rotatable bonds is 6. The quantitative estimate of drug-likeness (QED) is 0.757. The van der Waals surface area contributed by atoms with Gasteiger partial charge in [0.2, 0.25) is 5.78 Å². The predicted molar refractivity (Wildman–Crippen MR) is 78.5 cm³/mol. The molecule has 0 aliphatic heterocycles. The van der Waals surface area contributed by atoms with E-state index in [9.17, 15) is 13.6 Å². The van der Waals surface area contributed by atoms with Gasteiger partial charge in [0.05, 0.1) is 6.54 Å². The van der Waals surface area contributed by atoms with Gasteiger partial charge in [-0.15, -0.1) is 0 Å². The summed E-state index contributed by atoms with van der Waals surface area (Å²) in [5, 5.41) is 0. The molecule has 2 aromatic carbocycles. The fourth-order valence-electron chi connectivity index (χ4n) is 2.16. The Bertz CT molecular complexity index is 584. The molecule has 0 bridgehead atoms. The molecule has 0 radical (unpaired) electrons. The lowest BCUT2D eigenvalue weighted by Gasteiger charge is -2.23. The van der Waals surface area contributed by atoms with Crippen molar-refractivity contribution in [3.8, 4) is 0 Å². The summed E-state index contributed by atoms with van der Waals surface area (Å²) in [6, 6.07) is 17.0. The van der Waals surface area contributed by atoms with Crippen molar-refractivity contribution in [2.75, 3.05) is 13.6 Å². The average molecular weight is 289 g/mol. The summed E-state index contributed by atoms with van der Waals surface area (Å²) < 4.78 is 28.1. The minimum atomic E-state index is -3.40. The maximum absolute atomic E-state index is 14.1. The van der Waals surface area contributed by atoms with Crippen LogP contribution in [0.1, 0.15) is 15.9 Å². The molecule has 0 atom stereocenters. The normalized spacial score (nSPS) is 11.6. The number of alkyl halides is 2. The lowest BCUT2D eigenvalue weighted by atomic mass is 10.1. The highest BCUT2D eigenvalue weighted by atomic mass is 19.3. The summed E-state index contributed by atoms with van der Waals surface area (Å²) in [7, 11) is 1.58. The van der Waals surface area contributed by atoms with Gasteiger partial charge in [-0.3, -0.25) is 9.69 Å². The number of ketones is 1. The van der Waals surface area contributed by atoms with Gasteiger partial charge in [0.1, 0.15) is 0 Å². The molecule has 0 aliphatic rings. The van der Waals surface area contributed by atoms with Gasteiger partial charge in [-0.1, -0.05) is 60.7 Å². The third kappa shape index (κ3) is 4.20. The highest BCUT2D eigenvalue weighted by Crippen LogP contribution is 2.22. The highest BCUT2D eigenvalue weighted by molar-refractivity contribution is 6.01. The second kappa shape index (κ2) is 6.59. The number of carbonyl (C=O) groups excluding carboxylic acids is 1. The van der Waals surface area contributed by atoms with Crippen LogP contribution in [0.4, 0.5) is 8.78 Å². The summed E-state index contributed by atoms with van der Waals surface area (Å²) in [4.78, 5) is 13.3. The summed E-state index contributed by atoms with van der Waals surface area (Å²) in [5.41, 5.74) is 0.971. The van der Waals surface area contributed by atoms with E-state index in [1.807, 2.05) is 30.3 Å². The van der Waals surface area contributed by atoms with E-state index in [0.717, 1.165) is 5.56 Å². The number of benzene rings is 2. The lowest BCUT2D eigenvalue weighted by molar-refractivity contribution is -0.00970. The number of halogens is 2. The standard InChI is InChI=1S/C17H17F2NO/c1-20(12-14-8-4-2-5-9-14)13-17(18,19)16(21)15-10-6-3-7-11-15/h2-11H,12-13H2,1H3. The van der Waals surface area contributed by atoms with E-state index in [4.69, 9.17) is 0 Å². The molecular formula is C17H17F2NO. The molecule has 0 unspecified atom stereocenters. The molecule has 0 N–H and O–H groups in total. The first kappa shape index (κ1) is 15.3. The Labute approximate surface area is 123 Å². The van der Waals surface area contributed by atoms with E-state index < -0.39 is 18.3 Å². The maximum atomic E-state index is 14.1. The van der Waals surface area contributed by atoms with Crippen LogP contribution in [0.25, 0.3) is 0 Å². The van der Waals surface area contributed by atoms with E-state index in [0.29, 0.717) is 6.54 Å². The number of hydrogen-bond acceptors (Lipinski definition) is 2. The van der Waals surface area contributed by atoms with Crippen LogP contribution >= 0.6 is 0 Å². The summed E-state index contributed by atoms with van der Waals surface area (Å²) in [5.74, 6) is -4.53. The number of hydrogen-bond donors (Lipinski definition) is 0. The summed E-state index contributed by atoms with van der Waals surface area (Å²) in [6.45, 7) is -0.228. The smallest absolute Gasteiger partial charge is 0.296 e. The minimum absolute atomic E-state index is 0.0376. The topological polar surface area (TPSA) is 20.3 Å². The van der Waals surface area contributed by atoms with Crippen LogP contribution in [-0.2, 0) is 6.54 Å². The molecule has 0 amide bonds. The zero-order valence-electron chi connectivity index (χ0n) is 11.8. The Morgan fingerprint density at radius 3 is 2.10 bits per heavy atom. The van der Waals surface area contributed by atoms with Crippen molar-refractivity contribution in [1.82, 2.24) is 4.90 Å². The van der Waals surface area contributed by atoms with Crippen LogP contribution in [0, 0.1) is 0 Å². The first-order chi connectivity index (χ1) is 9.99. The van der Waals surface area contributed by atoms with Gasteiger partial charge in [-0.2, -0.15) is 8.78 Å². The Hall–Kier alpha value is -2.07. The molecule has 0 fully saturated rings. The second-order valence-corrected chi connectivity index (χ2v) is 5.06. The molecule has 4 heteroatoms. The molecule has 2 aromatic rings. The van der Waals surface area contributed by atoms with Crippen LogP contribution in [0.15, 0.2) is 60.7 Å². The van der Waals surface area contributed by atoms with E-state index in [2.05, 4.69) is 0 Å². The number of nitrogens with zero attached hydrogens (tertiary/aromatic N) is 1. The van der Waals surface area contributed by atoms with Gasteiger partial charge in [0.15, 0.2) is 0 Å². The third-order valence-corrected chi connectivity index (χ3v) is 3.13. The number of carbonyl (C=O) groups is 1. The molecule has 0 saturated heterocycles. The summed E-state index contributed by atoms with van der Waals surface area (Å²) in [6.07, 6.45) is 0. The van der Waals surface area contributed by atoms with Crippen molar-refractivity contribution in [2.24, 2.45) is 0 Å². The molecule has 2 rings (SSSR count). The predicted octanol–water partition coefficient (Wildman–Crippen LogP) is 3.64. The van der Waals surface area contributed by atoms with E-state index in [1.54, 1.807) is 25.2 Å². The van der Waals surface area contributed by atoms with E-state index in [-0.39, 0.29) is 5.56 Å². The molecule has 0 spiro atoms. The Morgan fingerprint density at radius 2 is 1.52 bits per heavy atom. The van der Waals surface area contributed by atoms with E-state index in [1.165, 1.54) is 17.0 Å². The van der Waals surface area contributed by atoms with Crippen LogP contribution in [0.3, 0.4) is 0 Å². The average Bonchev–Trinajstić information content (AvgIpc) is 2.47. The van der Waals surface area contributed by atoms with Crippen LogP contribution in [-0.4, -0.2) is 30.2 Å². The maximum Gasteiger partial charge on any atom is 0.322 e. The third-order valence-electron chi connectivity index (χ3n) is 3.13. The Kier molecular flexibility index (Phi) is 4.81. The summed E-state index contributed by atoms with van der Waals surface area (Å²) >= 11 is 0. The minimum Gasteiger partial charge on any atom is -0.296 e. The molecule has 110 valence electrons. The zero-order chi connectivity index (χ0) is 15.3. The molecular weight excluding hydrogens is 272 g/mol. The molecule has 0 aliphatic carbocycles. The van der Waals surface area contributed by atoms with Crippen molar-refractivity contribution in [2.45, 2.75) is 12.5 Å². The van der Waals surface area contributed by atoms with Crippen molar-refractivity contribution in [1.29, 1.82) is 0 Å². The first-order valence-electron chi connectivity index (χ1n) is 6.69. The molecule has 0 aromatic heterocycles. The van der Waals surface area contributed by atoms with Gasteiger partial charge in [-0.05, 0) is 12.6 Å². The fourth-order valence-corrected chi connectivity index (χ4v) is 2.16. The zero-order valence-corrected chi connectivity index (χ0v) is 11.8. The van der Waals surface area contributed by atoms with Gasteiger partial charge >= 0.3 is 5.92 Å². The van der Waals surface area contributed by atoms with Crippen molar-refractivity contribution < 1.29 is 13.6 Å². The van der Waals surface area contributed by atoms with Crippen LogP contribution < -0.4 is 0 Å². The van der Waals surface area contributed by atoms with Gasteiger partial charge in [0.25, 0.3) is 0 Å². The first-order valence-corrected chi connectivity index (χ1v) is 6.69. The highest BCUT2D eigenvalue weighted by Gasteiger charge is 2.40. The van der Waals surface area contributed by atoms with Gasteiger partial charge in [0, 0.05) is 12.1 Å². The van der Waals surface area contributed by atoms with Crippen LogP contribution in [0.5, 0.6) is 0 Å². The van der Waals surface area contributed by atoms with Gasteiger partial charge < -0.3 is 0 Å². The molecule has 0 saturated carbocycles. The van der Waals surface area contributed by atoms with Gasteiger partial charge in [-0.25, -0.2) is 0 Å². The lowest BCUT2D eigenvalue weighted by Crippen LogP contribution is -2.40. The van der Waals surface area contributed by atoms with Crippen molar-refractivity contribution in [3.05, 3.63) is 71.8 Å². The Morgan fingerprint density at radius 1 is 1.00 bits per heavy atom. The molecule has 21 heavy (non-hydrogen) atoms.